The Morgan fingerprint density at radius 2 is 1.43 bits per heavy atom. The predicted octanol–water partition coefficient (Wildman–Crippen LogP) is 2.14. The summed E-state index contributed by atoms with van der Waals surface area (Å²) >= 11 is 0. The Morgan fingerprint density at radius 1 is 0.867 bits per heavy atom. The monoisotopic (exact) mass is 425 g/mol. The summed E-state index contributed by atoms with van der Waals surface area (Å²) in [7, 11) is -2.55. The zero-order valence-electron chi connectivity index (χ0n) is 16.0. The number of primary amides is 1. The van der Waals surface area contributed by atoms with Gasteiger partial charge in [-0.1, -0.05) is 24.3 Å². The molecule has 8 nitrogen and oxygen atoms in total. The van der Waals surface area contributed by atoms with Gasteiger partial charge in [-0.2, -0.15) is 0 Å². The van der Waals surface area contributed by atoms with Crippen LogP contribution in [0.5, 0.6) is 0 Å². The second-order valence-electron chi connectivity index (χ2n) is 6.49. The standard InChI is InChI=1S/C21H19N3O5S/c1-29-21(26)14-4-2-12(3-5-14)15-10-17(19(22)18(11-15)20(23)25)13-6-8-16(9-7-13)30(24,27)28/h2-11H,22H2,1H3,(H2,23,25)(H2,24,27,28). The summed E-state index contributed by atoms with van der Waals surface area (Å²) in [5.41, 5.74) is 14.8. The summed E-state index contributed by atoms with van der Waals surface area (Å²) in [6.07, 6.45) is 0. The van der Waals surface area contributed by atoms with Crippen LogP contribution in [0.15, 0.2) is 65.6 Å². The van der Waals surface area contributed by atoms with Crippen LogP contribution in [0.3, 0.4) is 0 Å². The van der Waals surface area contributed by atoms with Crippen molar-refractivity contribution in [3.05, 3.63) is 71.8 Å². The van der Waals surface area contributed by atoms with E-state index >= 15 is 0 Å². The molecule has 0 aliphatic heterocycles. The molecule has 6 N–H and O–H groups in total. The van der Waals surface area contributed by atoms with E-state index in [-0.39, 0.29) is 16.1 Å². The number of sulfonamides is 1. The lowest BCUT2D eigenvalue weighted by Gasteiger charge is -2.14. The number of nitrogens with two attached hydrogens (primary N) is 3. The molecule has 1 amide bonds. The summed E-state index contributed by atoms with van der Waals surface area (Å²) in [5.74, 6) is -1.17. The van der Waals surface area contributed by atoms with Gasteiger partial charge in [-0.3, -0.25) is 4.79 Å². The SMILES string of the molecule is COC(=O)c1ccc(-c2cc(C(N)=O)c(N)c(-c3ccc(S(N)(=O)=O)cc3)c2)cc1. The maximum absolute atomic E-state index is 11.9. The molecular weight excluding hydrogens is 406 g/mol. The van der Waals surface area contributed by atoms with Crippen LogP contribution in [0.2, 0.25) is 0 Å². The molecule has 0 atom stereocenters. The second-order valence-corrected chi connectivity index (χ2v) is 8.05. The van der Waals surface area contributed by atoms with Gasteiger partial charge in [0.25, 0.3) is 5.91 Å². The smallest absolute Gasteiger partial charge is 0.337 e. The highest BCUT2D eigenvalue weighted by atomic mass is 32.2. The molecule has 0 saturated heterocycles. The van der Waals surface area contributed by atoms with Crippen LogP contribution in [0.25, 0.3) is 22.3 Å². The molecule has 3 aromatic rings. The lowest BCUT2D eigenvalue weighted by Crippen LogP contribution is -2.14. The van der Waals surface area contributed by atoms with Gasteiger partial charge in [0.15, 0.2) is 0 Å². The number of rotatable bonds is 5. The minimum absolute atomic E-state index is 0.0468. The van der Waals surface area contributed by atoms with Crippen LogP contribution >= 0.6 is 0 Å². The molecule has 0 radical (unpaired) electrons. The Labute approximate surface area is 173 Å². The van der Waals surface area contributed by atoms with E-state index in [1.165, 1.54) is 19.2 Å². The van der Waals surface area contributed by atoms with Gasteiger partial charge in [0.05, 0.1) is 28.8 Å². The number of carbonyl (C=O) groups is 2. The topological polar surface area (TPSA) is 156 Å². The van der Waals surface area contributed by atoms with Crippen molar-refractivity contribution in [2.45, 2.75) is 4.90 Å². The fourth-order valence-corrected chi connectivity index (χ4v) is 3.52. The Bertz CT molecular complexity index is 1230. The molecule has 3 aromatic carbocycles. The van der Waals surface area contributed by atoms with Crippen LogP contribution < -0.4 is 16.6 Å². The molecule has 0 aromatic heterocycles. The van der Waals surface area contributed by atoms with Crippen LogP contribution in [0.1, 0.15) is 20.7 Å². The van der Waals surface area contributed by atoms with Crippen molar-refractivity contribution < 1.29 is 22.7 Å². The summed E-state index contributed by atoms with van der Waals surface area (Å²) in [4.78, 5) is 23.5. The summed E-state index contributed by atoms with van der Waals surface area (Å²) in [6.45, 7) is 0. The first-order valence-electron chi connectivity index (χ1n) is 8.67. The van der Waals surface area contributed by atoms with Gasteiger partial charge in [0.2, 0.25) is 10.0 Å². The minimum atomic E-state index is -3.84. The molecule has 3 rings (SSSR count). The fourth-order valence-electron chi connectivity index (χ4n) is 3.00. The molecule has 0 saturated carbocycles. The van der Waals surface area contributed by atoms with Gasteiger partial charge in [0.1, 0.15) is 0 Å². The molecule has 0 spiro atoms. The molecule has 0 heterocycles. The van der Waals surface area contributed by atoms with Gasteiger partial charge in [0, 0.05) is 5.56 Å². The number of benzene rings is 3. The molecule has 0 aliphatic rings. The van der Waals surface area contributed by atoms with Crippen LogP contribution in [-0.4, -0.2) is 27.4 Å². The number of ether oxygens (including phenoxy) is 1. The molecule has 0 fully saturated rings. The number of hydrogen-bond donors (Lipinski definition) is 3. The molecule has 0 aliphatic carbocycles. The first kappa shape index (κ1) is 21.0. The highest BCUT2D eigenvalue weighted by Gasteiger charge is 2.16. The Balaban J connectivity index is 2.14. The van der Waals surface area contributed by atoms with Crippen molar-refractivity contribution in [3.63, 3.8) is 0 Å². The van der Waals surface area contributed by atoms with Crippen molar-refractivity contribution in [2.24, 2.45) is 10.9 Å². The number of primary sulfonamides is 1. The van der Waals surface area contributed by atoms with E-state index in [1.807, 2.05) is 0 Å². The van der Waals surface area contributed by atoms with E-state index in [0.29, 0.717) is 27.8 Å². The quantitative estimate of drug-likeness (QED) is 0.420. The second kappa shape index (κ2) is 7.97. The van der Waals surface area contributed by atoms with Gasteiger partial charge < -0.3 is 16.2 Å². The van der Waals surface area contributed by atoms with E-state index in [4.69, 9.17) is 21.3 Å². The zero-order valence-corrected chi connectivity index (χ0v) is 16.8. The van der Waals surface area contributed by atoms with E-state index in [9.17, 15) is 18.0 Å². The number of nitrogen functional groups attached to an aromatic ring is 1. The van der Waals surface area contributed by atoms with E-state index in [1.54, 1.807) is 48.5 Å². The van der Waals surface area contributed by atoms with Crippen molar-refractivity contribution >= 4 is 27.6 Å². The maximum Gasteiger partial charge on any atom is 0.337 e. The molecule has 0 unspecified atom stereocenters. The third-order valence-corrected chi connectivity index (χ3v) is 5.51. The molecule has 9 heteroatoms. The van der Waals surface area contributed by atoms with Gasteiger partial charge in [-0.25, -0.2) is 18.4 Å². The van der Waals surface area contributed by atoms with Crippen molar-refractivity contribution in [2.75, 3.05) is 12.8 Å². The lowest BCUT2D eigenvalue weighted by atomic mass is 9.93. The van der Waals surface area contributed by atoms with Crippen molar-refractivity contribution in [1.82, 2.24) is 0 Å². The predicted molar refractivity (Wildman–Crippen MR) is 113 cm³/mol. The van der Waals surface area contributed by atoms with Crippen LogP contribution in [-0.2, 0) is 14.8 Å². The van der Waals surface area contributed by atoms with E-state index < -0.39 is 21.9 Å². The van der Waals surface area contributed by atoms with E-state index in [2.05, 4.69) is 0 Å². The number of carbonyl (C=O) groups excluding carboxylic acids is 2. The summed E-state index contributed by atoms with van der Waals surface area (Å²) < 4.78 is 27.7. The largest absolute Gasteiger partial charge is 0.465 e. The average molecular weight is 425 g/mol. The summed E-state index contributed by atoms with van der Waals surface area (Å²) in [6, 6.07) is 15.7. The number of anilines is 1. The van der Waals surface area contributed by atoms with Gasteiger partial charge in [-0.15, -0.1) is 0 Å². The van der Waals surface area contributed by atoms with Crippen LogP contribution in [0, 0.1) is 0 Å². The Kier molecular flexibility index (Phi) is 5.59. The molecule has 154 valence electrons. The average Bonchev–Trinajstić information content (AvgIpc) is 2.72. The fraction of sp³-hybridized carbons (Fsp3) is 0.0476. The first-order valence-corrected chi connectivity index (χ1v) is 10.2. The number of esters is 1. The normalized spacial score (nSPS) is 11.1. The Hall–Kier alpha value is -3.69. The molecule has 30 heavy (non-hydrogen) atoms. The number of methoxy groups -OCH3 is 1. The number of amides is 1. The lowest BCUT2D eigenvalue weighted by molar-refractivity contribution is 0.0600. The van der Waals surface area contributed by atoms with Crippen LogP contribution in [0.4, 0.5) is 5.69 Å². The van der Waals surface area contributed by atoms with Crippen molar-refractivity contribution in [1.29, 1.82) is 0 Å². The molecule has 0 bridgehead atoms. The highest BCUT2D eigenvalue weighted by Crippen LogP contribution is 2.34. The number of hydrogen-bond acceptors (Lipinski definition) is 6. The highest BCUT2D eigenvalue weighted by molar-refractivity contribution is 7.89. The van der Waals surface area contributed by atoms with Crippen molar-refractivity contribution in [3.8, 4) is 22.3 Å². The van der Waals surface area contributed by atoms with Gasteiger partial charge >= 0.3 is 5.97 Å². The maximum atomic E-state index is 11.9. The van der Waals surface area contributed by atoms with E-state index in [0.717, 1.165) is 0 Å². The zero-order chi connectivity index (χ0) is 22.1. The summed E-state index contributed by atoms with van der Waals surface area (Å²) in [5, 5.41) is 5.14. The molecular formula is C21H19N3O5S. The Morgan fingerprint density at radius 3 is 1.93 bits per heavy atom. The van der Waals surface area contributed by atoms with Gasteiger partial charge in [-0.05, 0) is 53.1 Å². The third-order valence-electron chi connectivity index (χ3n) is 4.58. The minimum Gasteiger partial charge on any atom is -0.465 e. The third kappa shape index (κ3) is 4.17. The first-order chi connectivity index (χ1) is 14.1.